The molecule has 0 saturated heterocycles. The highest BCUT2D eigenvalue weighted by molar-refractivity contribution is 5.90. The molecule has 0 atom stereocenters. The van der Waals surface area contributed by atoms with Crippen LogP contribution in [0.5, 0.6) is 0 Å². The molecule has 0 aliphatic carbocycles. The molecule has 0 saturated carbocycles. The topological polar surface area (TPSA) is 90.0 Å². The summed E-state index contributed by atoms with van der Waals surface area (Å²) in [4.78, 5) is 18.4. The summed E-state index contributed by atoms with van der Waals surface area (Å²) in [5.74, 6) is -0.543. The zero-order valence-electron chi connectivity index (χ0n) is 13.7. The summed E-state index contributed by atoms with van der Waals surface area (Å²) in [5.41, 5.74) is 5.82. The van der Waals surface area contributed by atoms with Gasteiger partial charge < -0.3 is 10.3 Å². The highest BCUT2D eigenvalue weighted by atomic mass is 16.5. The van der Waals surface area contributed by atoms with Crippen molar-refractivity contribution in [3.8, 4) is 0 Å². The summed E-state index contributed by atoms with van der Waals surface area (Å²) in [6.45, 7) is 1.65. The Bertz CT molecular complexity index is 869. The third-order valence-corrected chi connectivity index (χ3v) is 3.95. The van der Waals surface area contributed by atoms with E-state index in [1.54, 1.807) is 17.8 Å². The van der Waals surface area contributed by atoms with Gasteiger partial charge in [-0.15, -0.1) is 0 Å². The zero-order chi connectivity index (χ0) is 17.5. The largest absolute Gasteiger partial charge is 0.346 e. The van der Waals surface area contributed by atoms with E-state index in [1.807, 2.05) is 36.5 Å². The van der Waals surface area contributed by atoms with E-state index in [2.05, 4.69) is 21.4 Å². The average molecular weight is 336 g/mol. The predicted octanol–water partition coefficient (Wildman–Crippen LogP) is 2.41. The Kier molecular flexibility index (Phi) is 5.56. The predicted molar refractivity (Wildman–Crippen MR) is 96.9 cm³/mol. The summed E-state index contributed by atoms with van der Waals surface area (Å²) < 4.78 is 0. The number of pyridine rings is 1. The molecule has 0 unspecified atom stereocenters. The van der Waals surface area contributed by atoms with Crippen molar-refractivity contribution in [3.63, 3.8) is 0 Å². The van der Waals surface area contributed by atoms with Crippen LogP contribution in [0.25, 0.3) is 17.1 Å². The first-order chi connectivity index (χ1) is 12.3. The molecule has 6 heteroatoms. The number of hydroxylamine groups is 1. The van der Waals surface area contributed by atoms with Crippen molar-refractivity contribution in [2.24, 2.45) is 0 Å². The molecule has 128 valence electrons. The lowest BCUT2D eigenvalue weighted by atomic mass is 10.1. The molecule has 0 aliphatic rings. The van der Waals surface area contributed by atoms with Crippen LogP contribution in [0, 0.1) is 0 Å². The minimum absolute atomic E-state index is 0.543. The summed E-state index contributed by atoms with van der Waals surface area (Å²) >= 11 is 0. The number of rotatable bonds is 7. The standard InChI is InChI=1S/C19H20N4O2/c24-18(23-25)8-7-14-3-5-15(6-4-14)12-20-11-9-16-13-22-19-17(16)2-1-10-21-19/h1-8,10,13,20,25H,9,11-12H2,(H,21,22)(H,23,24). The molecule has 6 nitrogen and oxygen atoms in total. The van der Waals surface area contributed by atoms with Crippen LogP contribution in [-0.2, 0) is 17.8 Å². The number of fused-ring (bicyclic) bond motifs is 1. The van der Waals surface area contributed by atoms with Gasteiger partial charge in [0.25, 0.3) is 5.91 Å². The Balaban J connectivity index is 1.47. The molecule has 1 aromatic carbocycles. The molecule has 0 bridgehead atoms. The van der Waals surface area contributed by atoms with Gasteiger partial charge in [0.05, 0.1) is 0 Å². The van der Waals surface area contributed by atoms with Crippen LogP contribution in [0.4, 0.5) is 0 Å². The highest BCUT2D eigenvalue weighted by Gasteiger charge is 2.03. The van der Waals surface area contributed by atoms with E-state index in [9.17, 15) is 4.79 Å². The third kappa shape index (κ3) is 4.53. The van der Waals surface area contributed by atoms with Crippen LogP contribution < -0.4 is 10.8 Å². The first-order valence-corrected chi connectivity index (χ1v) is 8.09. The highest BCUT2D eigenvalue weighted by Crippen LogP contribution is 2.15. The molecule has 1 amide bonds. The Morgan fingerprint density at radius 3 is 2.88 bits per heavy atom. The van der Waals surface area contributed by atoms with Crippen molar-refractivity contribution in [1.82, 2.24) is 20.8 Å². The molecule has 0 fully saturated rings. The number of carbonyl (C=O) groups excluding carboxylic acids is 1. The number of nitrogens with zero attached hydrogens (tertiary/aromatic N) is 1. The van der Waals surface area contributed by atoms with Gasteiger partial charge in [-0.3, -0.25) is 10.0 Å². The Hall–Kier alpha value is -2.96. The summed E-state index contributed by atoms with van der Waals surface area (Å²) in [5, 5.41) is 13.0. The Morgan fingerprint density at radius 2 is 2.08 bits per heavy atom. The SMILES string of the molecule is O=C(C=Cc1ccc(CNCCc2c[nH]c3ncccc23)cc1)NO. The monoisotopic (exact) mass is 336 g/mol. The van der Waals surface area contributed by atoms with Gasteiger partial charge in [-0.1, -0.05) is 24.3 Å². The molecule has 2 heterocycles. The van der Waals surface area contributed by atoms with Gasteiger partial charge >= 0.3 is 0 Å². The maximum atomic E-state index is 10.9. The molecule has 2 aromatic heterocycles. The van der Waals surface area contributed by atoms with Crippen molar-refractivity contribution < 1.29 is 10.0 Å². The number of benzene rings is 1. The third-order valence-electron chi connectivity index (χ3n) is 3.95. The van der Waals surface area contributed by atoms with Gasteiger partial charge in [0, 0.05) is 30.4 Å². The Morgan fingerprint density at radius 1 is 1.24 bits per heavy atom. The van der Waals surface area contributed by atoms with Gasteiger partial charge in [-0.05, 0) is 47.9 Å². The molecular weight excluding hydrogens is 316 g/mol. The number of H-pyrrole nitrogens is 1. The second-order valence-electron chi connectivity index (χ2n) is 5.69. The van der Waals surface area contributed by atoms with E-state index in [-0.39, 0.29) is 0 Å². The number of aromatic nitrogens is 2. The number of amides is 1. The zero-order valence-corrected chi connectivity index (χ0v) is 13.7. The summed E-state index contributed by atoms with van der Waals surface area (Å²) in [6, 6.07) is 11.9. The molecule has 3 rings (SSSR count). The van der Waals surface area contributed by atoms with Crippen LogP contribution in [-0.4, -0.2) is 27.6 Å². The van der Waals surface area contributed by atoms with Crippen LogP contribution in [0.15, 0.2) is 54.9 Å². The number of hydrogen-bond acceptors (Lipinski definition) is 4. The van der Waals surface area contributed by atoms with E-state index in [0.717, 1.165) is 30.7 Å². The molecule has 0 radical (unpaired) electrons. The van der Waals surface area contributed by atoms with Gasteiger partial charge in [0.1, 0.15) is 5.65 Å². The van der Waals surface area contributed by atoms with Crippen molar-refractivity contribution in [2.45, 2.75) is 13.0 Å². The maximum Gasteiger partial charge on any atom is 0.267 e. The minimum atomic E-state index is -0.543. The lowest BCUT2D eigenvalue weighted by molar-refractivity contribution is -0.124. The molecule has 0 spiro atoms. The quantitative estimate of drug-likeness (QED) is 0.231. The fourth-order valence-electron chi connectivity index (χ4n) is 2.63. The summed E-state index contributed by atoms with van der Waals surface area (Å²) in [7, 11) is 0. The first-order valence-electron chi connectivity index (χ1n) is 8.09. The van der Waals surface area contributed by atoms with Crippen molar-refractivity contribution in [2.75, 3.05) is 6.54 Å². The molecule has 4 N–H and O–H groups in total. The van der Waals surface area contributed by atoms with Crippen molar-refractivity contribution in [1.29, 1.82) is 0 Å². The second kappa shape index (κ2) is 8.23. The lowest BCUT2D eigenvalue weighted by Crippen LogP contribution is -2.16. The van der Waals surface area contributed by atoms with E-state index < -0.39 is 5.91 Å². The smallest absolute Gasteiger partial charge is 0.267 e. The fraction of sp³-hybridized carbons (Fsp3) is 0.158. The average Bonchev–Trinajstić information content (AvgIpc) is 3.07. The van der Waals surface area contributed by atoms with Crippen LogP contribution in [0.1, 0.15) is 16.7 Å². The van der Waals surface area contributed by atoms with Crippen LogP contribution >= 0.6 is 0 Å². The fourth-order valence-corrected chi connectivity index (χ4v) is 2.63. The number of nitrogens with one attached hydrogen (secondary N) is 3. The van der Waals surface area contributed by atoms with Crippen molar-refractivity contribution >= 4 is 23.0 Å². The van der Waals surface area contributed by atoms with Crippen LogP contribution in [0.2, 0.25) is 0 Å². The number of hydrogen-bond donors (Lipinski definition) is 4. The minimum Gasteiger partial charge on any atom is -0.346 e. The lowest BCUT2D eigenvalue weighted by Gasteiger charge is -2.05. The molecule has 25 heavy (non-hydrogen) atoms. The van der Waals surface area contributed by atoms with Crippen molar-refractivity contribution in [3.05, 3.63) is 71.6 Å². The van der Waals surface area contributed by atoms with E-state index in [4.69, 9.17) is 5.21 Å². The number of aromatic amines is 1. The van der Waals surface area contributed by atoms with Gasteiger partial charge in [0.2, 0.25) is 0 Å². The van der Waals surface area contributed by atoms with Crippen LogP contribution in [0.3, 0.4) is 0 Å². The number of carbonyl (C=O) groups is 1. The second-order valence-corrected chi connectivity index (χ2v) is 5.69. The first kappa shape index (κ1) is 16.9. The van der Waals surface area contributed by atoms with Gasteiger partial charge in [-0.25, -0.2) is 10.5 Å². The summed E-state index contributed by atoms with van der Waals surface area (Å²) in [6.07, 6.45) is 7.67. The molecule has 0 aliphatic heterocycles. The van der Waals surface area contributed by atoms with Gasteiger partial charge in [0.15, 0.2) is 0 Å². The Labute approximate surface area is 145 Å². The normalized spacial score (nSPS) is 11.2. The van der Waals surface area contributed by atoms with E-state index >= 15 is 0 Å². The van der Waals surface area contributed by atoms with E-state index in [0.29, 0.717) is 0 Å². The van der Waals surface area contributed by atoms with E-state index in [1.165, 1.54) is 22.6 Å². The maximum absolute atomic E-state index is 10.9. The molecular formula is C19H20N4O2. The molecule has 3 aromatic rings. The van der Waals surface area contributed by atoms with Gasteiger partial charge in [-0.2, -0.15) is 0 Å².